The molecule has 0 atom stereocenters. The summed E-state index contributed by atoms with van der Waals surface area (Å²) >= 11 is 7.76. The highest BCUT2D eigenvalue weighted by Gasteiger charge is 2.36. The van der Waals surface area contributed by atoms with Gasteiger partial charge in [-0.1, -0.05) is 0 Å². The van der Waals surface area contributed by atoms with Crippen LogP contribution in [0.25, 0.3) is 16.2 Å². The third-order valence-electron chi connectivity index (χ3n) is 4.30. The van der Waals surface area contributed by atoms with Gasteiger partial charge < -0.3 is 9.88 Å². The number of carbonyl (C=O) groups excluding carboxylic acids is 1. The maximum absolute atomic E-state index is 13.7. The second kappa shape index (κ2) is 8.71. The number of imidazole rings is 1. The first kappa shape index (κ1) is 22.0. The number of nitrogens with zero attached hydrogens (tertiary/aromatic N) is 5. The molecule has 4 rings (SSSR count). The van der Waals surface area contributed by atoms with Crippen molar-refractivity contribution in [3.05, 3.63) is 56.6 Å². The van der Waals surface area contributed by atoms with Gasteiger partial charge in [-0.25, -0.2) is 14.5 Å². The smallest absolute Gasteiger partial charge is 0.351 e. The molecule has 0 unspecified atom stereocenters. The number of hydrogen-bond acceptors (Lipinski definition) is 5. The van der Waals surface area contributed by atoms with E-state index in [0.29, 0.717) is 28.9 Å². The molecule has 0 bridgehead atoms. The Morgan fingerprint density at radius 2 is 2.06 bits per heavy atom. The Morgan fingerprint density at radius 1 is 1.26 bits per heavy atom. The van der Waals surface area contributed by atoms with Crippen molar-refractivity contribution in [2.24, 2.45) is 0 Å². The summed E-state index contributed by atoms with van der Waals surface area (Å²) in [5, 5.41) is 8.33. The topological polar surface area (TPSA) is 77.1 Å². The largest absolute Gasteiger partial charge is 0.433 e. The summed E-state index contributed by atoms with van der Waals surface area (Å²) in [6.07, 6.45) is 1.05. The van der Waals surface area contributed by atoms with Crippen molar-refractivity contribution in [1.29, 1.82) is 0 Å². The van der Waals surface area contributed by atoms with Crippen LogP contribution in [0.3, 0.4) is 0 Å². The first-order valence-electron chi connectivity index (χ1n) is 8.89. The summed E-state index contributed by atoms with van der Waals surface area (Å²) in [7, 11) is 0. The second-order valence-electron chi connectivity index (χ2n) is 6.46. The molecular weight excluding hydrogens is 565 g/mol. The summed E-state index contributed by atoms with van der Waals surface area (Å²) in [5.74, 6) is -0.587. The average molecular weight is 578 g/mol. The van der Waals surface area contributed by atoms with Crippen LogP contribution in [0.15, 0.2) is 45.2 Å². The molecule has 31 heavy (non-hydrogen) atoms. The number of rotatable bonds is 6. The van der Waals surface area contributed by atoms with E-state index in [1.54, 1.807) is 30.2 Å². The molecule has 0 aliphatic rings. The number of aromatic nitrogens is 5. The predicted molar refractivity (Wildman–Crippen MR) is 116 cm³/mol. The predicted octanol–water partition coefficient (Wildman–Crippen LogP) is 5.02. The van der Waals surface area contributed by atoms with E-state index in [-0.39, 0.29) is 21.5 Å². The molecule has 0 aromatic carbocycles. The number of carbonyl (C=O) groups is 1. The minimum Gasteiger partial charge on any atom is -0.351 e. The number of fused-ring (bicyclic) bond motifs is 1. The van der Waals surface area contributed by atoms with E-state index in [1.807, 2.05) is 4.57 Å². The van der Waals surface area contributed by atoms with Gasteiger partial charge in [0, 0.05) is 35.3 Å². The highest BCUT2D eigenvalue weighted by atomic mass is 79.9. The molecule has 0 radical (unpaired) electrons. The van der Waals surface area contributed by atoms with Crippen LogP contribution in [0.5, 0.6) is 0 Å². The fourth-order valence-corrected chi connectivity index (χ4v) is 4.78. The molecule has 162 valence electrons. The van der Waals surface area contributed by atoms with Gasteiger partial charge in [0.25, 0.3) is 5.91 Å². The van der Waals surface area contributed by atoms with Crippen molar-refractivity contribution < 1.29 is 18.0 Å². The van der Waals surface area contributed by atoms with Crippen molar-refractivity contribution in [3.63, 3.8) is 0 Å². The standard InChI is InChI=1S/C18H13Br2F3N6OS/c19-10-6-12(31-8-10)11-7-13(18(21,22)23)29-16(26-11)14(20)15(27-29)17(30)25-2-1-4-28-5-3-24-9-28/h3,5-9H,1-2,4H2,(H,25,30). The molecule has 4 heterocycles. The Hall–Kier alpha value is -2.25. The van der Waals surface area contributed by atoms with Crippen molar-refractivity contribution in [2.75, 3.05) is 6.54 Å². The Morgan fingerprint density at radius 3 is 2.71 bits per heavy atom. The van der Waals surface area contributed by atoms with Crippen LogP contribution in [0.4, 0.5) is 13.2 Å². The van der Waals surface area contributed by atoms with Gasteiger partial charge >= 0.3 is 6.18 Å². The molecule has 1 amide bonds. The zero-order valence-corrected chi connectivity index (χ0v) is 19.5. The van der Waals surface area contributed by atoms with E-state index in [2.05, 4.69) is 52.2 Å². The molecule has 0 spiro atoms. The summed E-state index contributed by atoms with van der Waals surface area (Å²) in [6.45, 7) is 0.970. The average Bonchev–Trinajstić information content (AvgIpc) is 3.45. The maximum Gasteiger partial charge on any atom is 0.433 e. The molecule has 0 fully saturated rings. The van der Waals surface area contributed by atoms with Crippen LogP contribution in [-0.2, 0) is 12.7 Å². The summed E-state index contributed by atoms with van der Waals surface area (Å²) in [5.41, 5.74) is -1.12. The van der Waals surface area contributed by atoms with Crippen LogP contribution in [0, 0.1) is 0 Å². The van der Waals surface area contributed by atoms with Gasteiger partial charge in [-0.2, -0.15) is 18.3 Å². The van der Waals surface area contributed by atoms with Gasteiger partial charge in [0.1, 0.15) is 0 Å². The van der Waals surface area contributed by atoms with E-state index < -0.39 is 17.8 Å². The Bertz CT molecular complexity index is 1240. The van der Waals surface area contributed by atoms with Crippen LogP contribution in [0.1, 0.15) is 22.6 Å². The number of aryl methyl sites for hydroxylation is 1. The molecule has 0 aliphatic carbocycles. The van der Waals surface area contributed by atoms with E-state index in [0.717, 1.165) is 10.5 Å². The highest BCUT2D eigenvalue weighted by Crippen LogP contribution is 2.36. The molecule has 4 aromatic rings. The van der Waals surface area contributed by atoms with Gasteiger partial charge in [-0.05, 0) is 50.4 Å². The van der Waals surface area contributed by atoms with Crippen molar-refractivity contribution >= 4 is 54.8 Å². The first-order valence-corrected chi connectivity index (χ1v) is 11.4. The third-order valence-corrected chi connectivity index (χ3v) is 6.74. The molecular formula is C18H13Br2F3N6OS. The highest BCUT2D eigenvalue weighted by molar-refractivity contribution is 9.11. The molecule has 7 nitrogen and oxygen atoms in total. The van der Waals surface area contributed by atoms with E-state index >= 15 is 0 Å². The van der Waals surface area contributed by atoms with E-state index in [1.165, 1.54) is 11.3 Å². The first-order chi connectivity index (χ1) is 14.7. The quantitative estimate of drug-likeness (QED) is 0.327. The zero-order valence-electron chi connectivity index (χ0n) is 15.5. The van der Waals surface area contributed by atoms with Crippen LogP contribution in [0.2, 0.25) is 0 Å². The fourth-order valence-electron chi connectivity index (χ4n) is 2.88. The Kier molecular flexibility index (Phi) is 6.17. The zero-order chi connectivity index (χ0) is 22.2. The molecule has 4 aromatic heterocycles. The van der Waals surface area contributed by atoms with Gasteiger partial charge in [-0.15, -0.1) is 11.3 Å². The van der Waals surface area contributed by atoms with Crippen molar-refractivity contribution in [2.45, 2.75) is 19.1 Å². The Labute approximate surface area is 194 Å². The van der Waals surface area contributed by atoms with E-state index in [4.69, 9.17) is 0 Å². The number of thiophene rings is 1. The van der Waals surface area contributed by atoms with Crippen LogP contribution >= 0.6 is 43.2 Å². The van der Waals surface area contributed by atoms with Gasteiger partial charge in [0.2, 0.25) is 0 Å². The monoisotopic (exact) mass is 576 g/mol. The summed E-state index contributed by atoms with van der Waals surface area (Å²) in [6, 6.07) is 2.61. The van der Waals surface area contributed by atoms with Crippen LogP contribution in [-0.4, -0.2) is 36.6 Å². The lowest BCUT2D eigenvalue weighted by atomic mass is 10.2. The van der Waals surface area contributed by atoms with E-state index in [9.17, 15) is 18.0 Å². The lowest BCUT2D eigenvalue weighted by Gasteiger charge is -2.10. The summed E-state index contributed by atoms with van der Waals surface area (Å²) < 4.78 is 44.5. The fraction of sp³-hybridized carbons (Fsp3) is 0.222. The van der Waals surface area contributed by atoms with Crippen molar-refractivity contribution in [1.82, 2.24) is 29.5 Å². The number of amides is 1. The number of nitrogens with one attached hydrogen (secondary N) is 1. The SMILES string of the molecule is O=C(NCCCn1ccnc1)c1nn2c(C(F)(F)F)cc(-c3cc(Br)cs3)nc2c1Br. The third kappa shape index (κ3) is 4.67. The molecule has 0 saturated heterocycles. The molecule has 13 heteroatoms. The second-order valence-corrected chi connectivity index (χ2v) is 9.08. The van der Waals surface area contributed by atoms with Gasteiger partial charge in [0.15, 0.2) is 17.0 Å². The van der Waals surface area contributed by atoms with Crippen LogP contribution < -0.4 is 5.32 Å². The van der Waals surface area contributed by atoms with Crippen molar-refractivity contribution in [3.8, 4) is 10.6 Å². The number of hydrogen-bond donors (Lipinski definition) is 1. The lowest BCUT2D eigenvalue weighted by Crippen LogP contribution is -2.26. The number of alkyl halides is 3. The van der Waals surface area contributed by atoms with Gasteiger partial charge in [0.05, 0.1) is 21.4 Å². The Balaban J connectivity index is 1.64. The summed E-state index contributed by atoms with van der Waals surface area (Å²) in [4.78, 5) is 21.4. The molecule has 1 N–H and O–H groups in total. The molecule has 0 aliphatic heterocycles. The maximum atomic E-state index is 13.7. The number of halogens is 5. The minimum atomic E-state index is -4.69. The lowest BCUT2D eigenvalue weighted by molar-refractivity contribution is -0.142. The van der Waals surface area contributed by atoms with Gasteiger partial charge in [-0.3, -0.25) is 4.79 Å². The minimum absolute atomic E-state index is 0.0853. The normalized spacial score (nSPS) is 11.9. The molecule has 0 saturated carbocycles.